The standard InChI is InChI=1S/C14H22ClN3/c1-10-6-13(16)12(15)7-14(10)18(3)9-11-4-5-17(2)8-11/h6-7,11H,4-5,8-9,16H2,1-3H3. The number of hydrogen-bond donors (Lipinski definition) is 1. The minimum atomic E-state index is 0.644. The topological polar surface area (TPSA) is 32.5 Å². The second-order valence-corrected chi connectivity index (χ2v) is 5.86. The van der Waals surface area contributed by atoms with Crippen LogP contribution in [-0.2, 0) is 0 Å². The minimum Gasteiger partial charge on any atom is -0.398 e. The zero-order chi connectivity index (χ0) is 13.3. The fourth-order valence-electron chi connectivity index (χ4n) is 2.77. The molecule has 2 N–H and O–H groups in total. The summed E-state index contributed by atoms with van der Waals surface area (Å²) in [6, 6.07) is 3.93. The zero-order valence-electron chi connectivity index (χ0n) is 11.4. The fourth-order valence-corrected chi connectivity index (χ4v) is 2.92. The monoisotopic (exact) mass is 267 g/mol. The van der Waals surface area contributed by atoms with Gasteiger partial charge < -0.3 is 15.5 Å². The molecule has 1 atom stereocenters. The Morgan fingerprint density at radius 2 is 2.22 bits per heavy atom. The Bertz CT molecular complexity index is 433. The molecule has 0 saturated carbocycles. The van der Waals surface area contributed by atoms with Crippen molar-refractivity contribution in [2.45, 2.75) is 13.3 Å². The van der Waals surface area contributed by atoms with Crippen LogP contribution in [-0.4, -0.2) is 38.6 Å². The van der Waals surface area contributed by atoms with E-state index in [9.17, 15) is 0 Å². The highest BCUT2D eigenvalue weighted by molar-refractivity contribution is 6.33. The lowest BCUT2D eigenvalue weighted by atomic mass is 10.1. The van der Waals surface area contributed by atoms with Gasteiger partial charge in [-0.15, -0.1) is 0 Å². The number of nitrogens with two attached hydrogens (primary N) is 1. The summed E-state index contributed by atoms with van der Waals surface area (Å²) in [5, 5.41) is 0.644. The largest absolute Gasteiger partial charge is 0.398 e. The van der Waals surface area contributed by atoms with Crippen LogP contribution in [0, 0.1) is 12.8 Å². The maximum Gasteiger partial charge on any atom is 0.0656 e. The van der Waals surface area contributed by atoms with Crippen LogP contribution in [0.15, 0.2) is 12.1 Å². The molecular formula is C14H22ClN3. The summed E-state index contributed by atoms with van der Waals surface area (Å²) in [6.07, 6.45) is 1.28. The average Bonchev–Trinajstić information content (AvgIpc) is 2.69. The van der Waals surface area contributed by atoms with Crippen molar-refractivity contribution in [3.63, 3.8) is 0 Å². The predicted molar refractivity (Wildman–Crippen MR) is 79.5 cm³/mol. The first-order valence-corrected chi connectivity index (χ1v) is 6.80. The van der Waals surface area contributed by atoms with Crippen LogP contribution in [0.5, 0.6) is 0 Å². The summed E-state index contributed by atoms with van der Waals surface area (Å²) in [5.41, 5.74) is 8.84. The maximum absolute atomic E-state index is 6.11. The van der Waals surface area contributed by atoms with E-state index in [0.29, 0.717) is 10.7 Å². The van der Waals surface area contributed by atoms with Gasteiger partial charge in [0.15, 0.2) is 0 Å². The van der Waals surface area contributed by atoms with E-state index in [0.717, 1.165) is 12.5 Å². The van der Waals surface area contributed by atoms with Gasteiger partial charge >= 0.3 is 0 Å². The highest BCUT2D eigenvalue weighted by Gasteiger charge is 2.21. The molecule has 0 spiro atoms. The van der Waals surface area contributed by atoms with Gasteiger partial charge in [-0.3, -0.25) is 0 Å². The highest BCUT2D eigenvalue weighted by atomic mass is 35.5. The molecule has 1 saturated heterocycles. The lowest BCUT2D eigenvalue weighted by Crippen LogP contribution is -2.27. The molecule has 2 rings (SSSR count). The van der Waals surface area contributed by atoms with Gasteiger partial charge in [0.1, 0.15) is 0 Å². The molecule has 1 unspecified atom stereocenters. The number of rotatable bonds is 3. The summed E-state index contributed by atoms with van der Waals surface area (Å²) in [5.74, 6) is 0.746. The number of nitrogens with zero attached hydrogens (tertiary/aromatic N) is 2. The van der Waals surface area contributed by atoms with Gasteiger partial charge in [-0.25, -0.2) is 0 Å². The van der Waals surface area contributed by atoms with Crippen molar-refractivity contribution >= 4 is 23.0 Å². The van der Waals surface area contributed by atoms with Crippen LogP contribution >= 0.6 is 11.6 Å². The Morgan fingerprint density at radius 3 is 2.83 bits per heavy atom. The zero-order valence-corrected chi connectivity index (χ0v) is 12.2. The third-order valence-electron chi connectivity index (χ3n) is 3.75. The summed E-state index contributed by atoms with van der Waals surface area (Å²) in [7, 11) is 4.32. The molecule has 0 bridgehead atoms. The molecular weight excluding hydrogens is 246 g/mol. The molecule has 0 radical (unpaired) electrons. The highest BCUT2D eigenvalue weighted by Crippen LogP contribution is 2.29. The molecule has 0 aliphatic carbocycles. The summed E-state index contributed by atoms with van der Waals surface area (Å²) in [6.45, 7) is 5.55. The van der Waals surface area contributed by atoms with Crippen LogP contribution in [0.1, 0.15) is 12.0 Å². The second kappa shape index (κ2) is 5.37. The Kier molecular flexibility index (Phi) is 4.03. The van der Waals surface area contributed by atoms with Crippen LogP contribution in [0.4, 0.5) is 11.4 Å². The van der Waals surface area contributed by atoms with Gasteiger partial charge in [0, 0.05) is 25.8 Å². The molecule has 1 heterocycles. The van der Waals surface area contributed by atoms with E-state index in [4.69, 9.17) is 17.3 Å². The van der Waals surface area contributed by atoms with E-state index < -0.39 is 0 Å². The van der Waals surface area contributed by atoms with Crippen molar-refractivity contribution in [3.8, 4) is 0 Å². The van der Waals surface area contributed by atoms with Gasteiger partial charge in [0.25, 0.3) is 0 Å². The van der Waals surface area contributed by atoms with Crippen molar-refractivity contribution in [1.29, 1.82) is 0 Å². The van der Waals surface area contributed by atoms with Crippen LogP contribution in [0.25, 0.3) is 0 Å². The molecule has 18 heavy (non-hydrogen) atoms. The third-order valence-corrected chi connectivity index (χ3v) is 4.07. The molecule has 3 nitrogen and oxygen atoms in total. The number of benzene rings is 1. The molecule has 0 amide bonds. The number of nitrogen functional groups attached to an aromatic ring is 1. The van der Waals surface area contributed by atoms with E-state index in [1.54, 1.807) is 0 Å². The van der Waals surface area contributed by atoms with Gasteiger partial charge in [-0.05, 0) is 50.6 Å². The quantitative estimate of drug-likeness (QED) is 0.855. The first kappa shape index (κ1) is 13.5. The number of hydrogen-bond acceptors (Lipinski definition) is 3. The Morgan fingerprint density at radius 1 is 1.50 bits per heavy atom. The number of aryl methyl sites for hydroxylation is 1. The normalized spacial score (nSPS) is 20.3. The fraction of sp³-hybridized carbons (Fsp3) is 0.571. The smallest absolute Gasteiger partial charge is 0.0656 e. The Hall–Kier alpha value is -0.930. The molecule has 1 aromatic carbocycles. The minimum absolute atomic E-state index is 0.644. The maximum atomic E-state index is 6.11. The van der Waals surface area contributed by atoms with Crippen molar-refractivity contribution in [3.05, 3.63) is 22.7 Å². The number of likely N-dealkylation sites (tertiary alicyclic amines) is 1. The van der Waals surface area contributed by atoms with E-state index in [1.807, 2.05) is 12.1 Å². The lowest BCUT2D eigenvalue weighted by molar-refractivity contribution is 0.396. The van der Waals surface area contributed by atoms with Gasteiger partial charge in [0.2, 0.25) is 0 Å². The van der Waals surface area contributed by atoms with E-state index in [2.05, 4.69) is 30.8 Å². The second-order valence-electron chi connectivity index (χ2n) is 5.46. The van der Waals surface area contributed by atoms with Crippen LogP contribution < -0.4 is 10.6 Å². The molecule has 100 valence electrons. The molecule has 0 aromatic heterocycles. The first-order chi connectivity index (χ1) is 8.47. The Labute approximate surface area is 115 Å². The average molecular weight is 268 g/mol. The summed E-state index contributed by atoms with van der Waals surface area (Å²) < 4.78 is 0. The van der Waals surface area contributed by atoms with Crippen LogP contribution in [0.3, 0.4) is 0 Å². The Balaban J connectivity index is 2.09. The SMILES string of the molecule is Cc1cc(N)c(Cl)cc1N(C)CC1CCN(C)C1. The van der Waals surface area contributed by atoms with E-state index >= 15 is 0 Å². The van der Waals surface area contributed by atoms with Crippen molar-refractivity contribution in [2.24, 2.45) is 5.92 Å². The van der Waals surface area contributed by atoms with Gasteiger partial charge in [0.05, 0.1) is 10.7 Å². The van der Waals surface area contributed by atoms with Gasteiger partial charge in [-0.1, -0.05) is 11.6 Å². The number of anilines is 2. The molecule has 4 heteroatoms. The van der Waals surface area contributed by atoms with Crippen LogP contribution in [0.2, 0.25) is 5.02 Å². The summed E-state index contributed by atoms with van der Waals surface area (Å²) in [4.78, 5) is 4.69. The van der Waals surface area contributed by atoms with Crippen molar-refractivity contribution < 1.29 is 0 Å². The lowest BCUT2D eigenvalue weighted by Gasteiger charge is -2.25. The predicted octanol–water partition coefficient (Wildman–Crippen LogP) is 2.62. The summed E-state index contributed by atoms with van der Waals surface area (Å²) >= 11 is 6.11. The number of halogens is 1. The van der Waals surface area contributed by atoms with E-state index in [-0.39, 0.29) is 0 Å². The van der Waals surface area contributed by atoms with Crippen molar-refractivity contribution in [2.75, 3.05) is 44.4 Å². The molecule has 1 fully saturated rings. The van der Waals surface area contributed by atoms with E-state index in [1.165, 1.54) is 30.8 Å². The molecule has 1 aliphatic heterocycles. The third kappa shape index (κ3) is 2.90. The van der Waals surface area contributed by atoms with Crippen molar-refractivity contribution in [1.82, 2.24) is 4.90 Å². The molecule has 1 aromatic rings. The van der Waals surface area contributed by atoms with Gasteiger partial charge in [-0.2, -0.15) is 0 Å². The molecule has 1 aliphatic rings. The first-order valence-electron chi connectivity index (χ1n) is 6.42.